The van der Waals surface area contributed by atoms with Crippen molar-refractivity contribution in [1.82, 2.24) is 0 Å². The Kier molecular flexibility index (Phi) is 4.58. The van der Waals surface area contributed by atoms with E-state index in [0.717, 1.165) is 17.7 Å². The predicted octanol–water partition coefficient (Wildman–Crippen LogP) is 4.72. The minimum absolute atomic E-state index is 0.166. The number of carboxylic acids is 1. The first-order valence-corrected chi connectivity index (χ1v) is 8.51. The smallest absolute Gasteiger partial charge is 0.338 e. The van der Waals surface area contributed by atoms with Crippen molar-refractivity contribution < 1.29 is 23.8 Å². The molecule has 3 rings (SSSR count). The van der Waals surface area contributed by atoms with Crippen LogP contribution in [-0.4, -0.2) is 22.6 Å². The average Bonchev–Trinajstić information content (AvgIpc) is 2.54. The number of carbonyl (C=O) groups is 2. The molecule has 2 N–H and O–H groups in total. The molecule has 0 spiro atoms. The lowest BCUT2D eigenvalue weighted by molar-refractivity contribution is 0.0691. The van der Waals surface area contributed by atoms with E-state index < -0.39 is 28.9 Å². The van der Waals surface area contributed by atoms with Gasteiger partial charge in [0.2, 0.25) is 0 Å². The van der Waals surface area contributed by atoms with Crippen LogP contribution in [0.25, 0.3) is 6.08 Å². The van der Waals surface area contributed by atoms with Gasteiger partial charge in [0.15, 0.2) is 0 Å². The van der Waals surface area contributed by atoms with Gasteiger partial charge < -0.3 is 15.2 Å². The Balaban J connectivity index is 1.86. The monoisotopic (exact) mass is 419 g/mol. The van der Waals surface area contributed by atoms with E-state index in [0.29, 0.717) is 15.8 Å². The van der Waals surface area contributed by atoms with Gasteiger partial charge in [-0.1, -0.05) is 6.08 Å². The molecule has 2 aromatic rings. The van der Waals surface area contributed by atoms with Crippen LogP contribution in [0.4, 0.5) is 10.1 Å². The molecule has 0 bridgehead atoms. The van der Waals surface area contributed by atoms with Gasteiger partial charge >= 0.3 is 5.97 Å². The van der Waals surface area contributed by atoms with E-state index in [-0.39, 0.29) is 5.69 Å². The SMILES string of the molecule is CC1(C)C=Cc2cc(C(=O)Nc3ccc(C(=O)O)c(F)c3)cc(Br)c2O1. The van der Waals surface area contributed by atoms with Gasteiger partial charge in [0.25, 0.3) is 5.91 Å². The Morgan fingerprint density at radius 2 is 1.96 bits per heavy atom. The number of hydrogen-bond acceptors (Lipinski definition) is 3. The van der Waals surface area contributed by atoms with Gasteiger partial charge in [-0.2, -0.15) is 0 Å². The largest absolute Gasteiger partial charge is 0.482 e. The van der Waals surface area contributed by atoms with Crippen molar-refractivity contribution >= 4 is 39.6 Å². The minimum atomic E-state index is -1.37. The highest BCUT2D eigenvalue weighted by Crippen LogP contribution is 2.38. The van der Waals surface area contributed by atoms with Gasteiger partial charge in [0, 0.05) is 16.8 Å². The lowest BCUT2D eigenvalue weighted by Gasteiger charge is -2.28. The van der Waals surface area contributed by atoms with Crippen LogP contribution in [0.3, 0.4) is 0 Å². The number of carbonyl (C=O) groups excluding carboxylic acids is 1. The third-order valence-electron chi connectivity index (χ3n) is 3.82. The normalized spacial score (nSPS) is 14.3. The number of carboxylic acid groups (broad SMARTS) is 1. The molecule has 0 saturated carbocycles. The molecule has 134 valence electrons. The van der Waals surface area contributed by atoms with Gasteiger partial charge in [-0.3, -0.25) is 4.79 Å². The number of aromatic carboxylic acids is 1. The predicted molar refractivity (Wildman–Crippen MR) is 99.2 cm³/mol. The molecule has 0 aromatic heterocycles. The van der Waals surface area contributed by atoms with Crippen molar-refractivity contribution in [3.05, 3.63) is 63.4 Å². The number of rotatable bonds is 3. The zero-order valence-electron chi connectivity index (χ0n) is 14.0. The first-order chi connectivity index (χ1) is 12.2. The Bertz CT molecular complexity index is 953. The lowest BCUT2D eigenvalue weighted by Crippen LogP contribution is -2.28. The fourth-order valence-corrected chi connectivity index (χ4v) is 3.09. The van der Waals surface area contributed by atoms with Crippen molar-refractivity contribution in [2.75, 3.05) is 5.32 Å². The second-order valence-corrected chi connectivity index (χ2v) is 7.22. The first-order valence-electron chi connectivity index (χ1n) is 7.72. The molecule has 0 fully saturated rings. The Morgan fingerprint density at radius 1 is 1.23 bits per heavy atom. The van der Waals surface area contributed by atoms with Crippen molar-refractivity contribution in [3.8, 4) is 5.75 Å². The maximum Gasteiger partial charge on any atom is 0.338 e. The number of ether oxygens (including phenoxy) is 1. The molecule has 1 aliphatic heterocycles. The highest BCUT2D eigenvalue weighted by molar-refractivity contribution is 9.10. The molecule has 1 aliphatic rings. The summed E-state index contributed by atoms with van der Waals surface area (Å²) < 4.78 is 20.3. The number of fused-ring (bicyclic) bond motifs is 1. The molecule has 5 nitrogen and oxygen atoms in total. The Morgan fingerprint density at radius 3 is 2.62 bits per heavy atom. The second-order valence-electron chi connectivity index (χ2n) is 6.37. The van der Waals surface area contributed by atoms with E-state index in [9.17, 15) is 14.0 Å². The molecule has 26 heavy (non-hydrogen) atoms. The minimum Gasteiger partial charge on any atom is -0.482 e. The average molecular weight is 420 g/mol. The van der Waals surface area contributed by atoms with Crippen LogP contribution in [0.1, 0.15) is 40.1 Å². The zero-order valence-corrected chi connectivity index (χ0v) is 15.6. The van der Waals surface area contributed by atoms with Gasteiger partial charge in [0.05, 0.1) is 10.0 Å². The third kappa shape index (κ3) is 3.62. The van der Waals surface area contributed by atoms with Crippen molar-refractivity contribution in [1.29, 1.82) is 0 Å². The number of halogens is 2. The van der Waals surface area contributed by atoms with Crippen molar-refractivity contribution in [3.63, 3.8) is 0 Å². The van der Waals surface area contributed by atoms with Crippen molar-refractivity contribution in [2.45, 2.75) is 19.4 Å². The molecule has 7 heteroatoms. The van der Waals surface area contributed by atoms with Gasteiger partial charge in [0.1, 0.15) is 17.2 Å². The van der Waals surface area contributed by atoms with Crippen LogP contribution in [0, 0.1) is 5.82 Å². The summed E-state index contributed by atoms with van der Waals surface area (Å²) in [6, 6.07) is 6.70. The highest BCUT2D eigenvalue weighted by Gasteiger charge is 2.25. The summed E-state index contributed by atoms with van der Waals surface area (Å²) in [5, 5.41) is 11.4. The van der Waals surface area contributed by atoms with Crippen LogP contribution in [-0.2, 0) is 0 Å². The van der Waals surface area contributed by atoms with E-state index in [4.69, 9.17) is 9.84 Å². The number of nitrogens with one attached hydrogen (secondary N) is 1. The second kappa shape index (κ2) is 6.57. The van der Waals surface area contributed by atoms with Crippen LogP contribution >= 0.6 is 15.9 Å². The van der Waals surface area contributed by atoms with E-state index >= 15 is 0 Å². The van der Waals surface area contributed by atoms with E-state index in [1.807, 2.05) is 26.0 Å². The number of anilines is 1. The highest BCUT2D eigenvalue weighted by atomic mass is 79.9. The van der Waals surface area contributed by atoms with Crippen LogP contribution < -0.4 is 10.1 Å². The van der Waals surface area contributed by atoms with E-state index in [1.165, 1.54) is 6.07 Å². The number of hydrogen-bond donors (Lipinski definition) is 2. The summed E-state index contributed by atoms with van der Waals surface area (Å²) in [5.41, 5.74) is 0.370. The topological polar surface area (TPSA) is 75.6 Å². The zero-order chi connectivity index (χ0) is 19.1. The molecule has 0 atom stereocenters. The molecule has 1 amide bonds. The fourth-order valence-electron chi connectivity index (χ4n) is 2.53. The number of benzene rings is 2. The van der Waals surface area contributed by atoms with Crippen LogP contribution in [0.5, 0.6) is 5.75 Å². The summed E-state index contributed by atoms with van der Waals surface area (Å²) in [7, 11) is 0. The van der Waals surface area contributed by atoms with Crippen LogP contribution in [0.15, 0.2) is 40.9 Å². The lowest BCUT2D eigenvalue weighted by atomic mass is 10.0. The van der Waals surface area contributed by atoms with Crippen LogP contribution in [0.2, 0.25) is 0 Å². The number of amides is 1. The maximum atomic E-state index is 13.8. The fraction of sp³-hybridized carbons (Fsp3) is 0.158. The Labute approximate surface area is 157 Å². The molecule has 2 aromatic carbocycles. The standard InChI is InChI=1S/C19H15BrFNO4/c1-19(2)6-5-10-7-11(8-14(20)16(10)26-19)17(23)22-12-3-4-13(18(24)25)15(21)9-12/h3-9H,1-2H3,(H,22,23)(H,24,25). The summed E-state index contributed by atoms with van der Waals surface area (Å²) >= 11 is 3.41. The Hall–Kier alpha value is -2.67. The van der Waals surface area contributed by atoms with E-state index in [2.05, 4.69) is 21.2 Å². The summed E-state index contributed by atoms with van der Waals surface area (Å²) in [6.45, 7) is 3.85. The molecular weight excluding hydrogens is 405 g/mol. The third-order valence-corrected chi connectivity index (χ3v) is 4.41. The van der Waals surface area contributed by atoms with Gasteiger partial charge in [-0.05, 0) is 66.2 Å². The van der Waals surface area contributed by atoms with Crippen molar-refractivity contribution in [2.24, 2.45) is 0 Å². The molecule has 0 radical (unpaired) electrons. The molecular formula is C19H15BrFNO4. The summed E-state index contributed by atoms with van der Waals surface area (Å²) in [5.74, 6) is -2.09. The molecule has 0 saturated heterocycles. The van der Waals surface area contributed by atoms with Gasteiger partial charge in [-0.25, -0.2) is 9.18 Å². The summed E-state index contributed by atoms with van der Waals surface area (Å²) in [4.78, 5) is 23.3. The van der Waals surface area contributed by atoms with Gasteiger partial charge in [-0.15, -0.1) is 0 Å². The molecule has 0 aliphatic carbocycles. The molecule has 1 heterocycles. The maximum absolute atomic E-state index is 13.8. The quantitative estimate of drug-likeness (QED) is 0.754. The summed E-state index contributed by atoms with van der Waals surface area (Å²) in [6.07, 6.45) is 3.77. The molecule has 0 unspecified atom stereocenters. The first kappa shape index (κ1) is 18.1. The van der Waals surface area contributed by atoms with E-state index in [1.54, 1.807) is 12.1 Å².